The minimum Gasteiger partial charge on any atom is -0.381 e. The zero-order valence-corrected chi connectivity index (χ0v) is 22.9. The molecule has 1 fully saturated rings. The number of anilines is 2. The van der Waals surface area contributed by atoms with Crippen molar-refractivity contribution in [1.29, 1.82) is 0 Å². The second-order valence-electron chi connectivity index (χ2n) is 10.6. The summed E-state index contributed by atoms with van der Waals surface area (Å²) in [5, 5.41) is 0. The van der Waals surface area contributed by atoms with E-state index in [1.54, 1.807) is 17.8 Å². The van der Waals surface area contributed by atoms with Gasteiger partial charge in [-0.2, -0.15) is 0 Å². The number of pyridine rings is 1. The van der Waals surface area contributed by atoms with Gasteiger partial charge in [-0.05, 0) is 73.6 Å². The van der Waals surface area contributed by atoms with Crippen LogP contribution in [0.25, 0.3) is 0 Å². The Labute approximate surface area is 224 Å². The molecule has 0 atom stereocenters. The van der Waals surface area contributed by atoms with Crippen LogP contribution in [-0.2, 0) is 31.3 Å². The van der Waals surface area contributed by atoms with Crippen LogP contribution in [0, 0.1) is 13.8 Å². The fourth-order valence-corrected chi connectivity index (χ4v) is 6.19. The van der Waals surface area contributed by atoms with E-state index < -0.39 is 5.91 Å². The molecular weight excluding hydrogens is 476 g/mol. The first kappa shape index (κ1) is 26.0. The summed E-state index contributed by atoms with van der Waals surface area (Å²) in [6.45, 7) is 9.92. The van der Waals surface area contributed by atoms with E-state index in [4.69, 9.17) is 10.5 Å². The SMILES string of the molecule is CCN(c1cc(N2Cc3ccccc3C2)c(Cc2c(C)ccn(C)c2=O)c(C(N)=O)c1C)C1CCOCC1. The Bertz CT molecular complexity index is 1400. The van der Waals surface area contributed by atoms with Crippen molar-refractivity contribution in [2.24, 2.45) is 12.8 Å². The fraction of sp³-hybridized carbons (Fsp3) is 0.419. The highest BCUT2D eigenvalue weighted by Gasteiger charge is 2.30. The van der Waals surface area contributed by atoms with Crippen molar-refractivity contribution >= 4 is 17.3 Å². The van der Waals surface area contributed by atoms with Gasteiger partial charge in [0.1, 0.15) is 0 Å². The Morgan fingerprint density at radius 2 is 1.74 bits per heavy atom. The van der Waals surface area contributed by atoms with E-state index in [9.17, 15) is 9.59 Å². The molecule has 2 aromatic carbocycles. The molecule has 38 heavy (non-hydrogen) atoms. The Morgan fingerprint density at radius 1 is 1.08 bits per heavy atom. The van der Waals surface area contributed by atoms with Gasteiger partial charge in [-0.15, -0.1) is 0 Å². The maximum atomic E-state index is 13.2. The summed E-state index contributed by atoms with van der Waals surface area (Å²) >= 11 is 0. The molecule has 1 aromatic heterocycles. The van der Waals surface area contributed by atoms with Crippen molar-refractivity contribution in [1.82, 2.24) is 4.57 Å². The first-order valence-electron chi connectivity index (χ1n) is 13.6. The second kappa shape index (κ2) is 10.7. The zero-order chi connectivity index (χ0) is 27.0. The minimum absolute atomic E-state index is 0.0461. The molecule has 1 amide bonds. The number of nitrogens with zero attached hydrogens (tertiary/aromatic N) is 3. The number of hydrogen-bond acceptors (Lipinski definition) is 5. The number of carbonyl (C=O) groups excluding carboxylic acids is 1. The number of ether oxygens (including phenoxy) is 1. The van der Waals surface area contributed by atoms with E-state index in [-0.39, 0.29) is 5.56 Å². The van der Waals surface area contributed by atoms with E-state index >= 15 is 0 Å². The molecule has 5 rings (SSSR count). The molecule has 2 N–H and O–H groups in total. The van der Waals surface area contributed by atoms with Crippen LogP contribution in [0.5, 0.6) is 0 Å². The standard InChI is InChI=1S/C31H38N4O3/c1-5-35(24-11-14-38-15-12-24)27-17-28(34-18-22-8-6-7-9-23(22)19-34)26(29(21(27)3)30(32)36)16-25-20(2)10-13-33(4)31(25)37/h6-10,13,17,24H,5,11-12,14-16,18-19H2,1-4H3,(H2,32,36). The summed E-state index contributed by atoms with van der Waals surface area (Å²) in [4.78, 5) is 31.1. The average Bonchev–Trinajstić information content (AvgIpc) is 3.35. The van der Waals surface area contributed by atoms with Crippen molar-refractivity contribution in [3.8, 4) is 0 Å². The number of benzene rings is 2. The highest BCUT2D eigenvalue weighted by molar-refractivity contribution is 6.00. The molecule has 7 heteroatoms. The van der Waals surface area contributed by atoms with Gasteiger partial charge in [-0.1, -0.05) is 24.3 Å². The lowest BCUT2D eigenvalue weighted by Crippen LogP contribution is -2.40. The van der Waals surface area contributed by atoms with Crippen LogP contribution in [-0.4, -0.2) is 36.3 Å². The van der Waals surface area contributed by atoms with Crippen LogP contribution in [0.2, 0.25) is 0 Å². The highest BCUT2D eigenvalue weighted by atomic mass is 16.5. The molecule has 2 aliphatic heterocycles. The Balaban J connectivity index is 1.71. The second-order valence-corrected chi connectivity index (χ2v) is 10.6. The number of hydrogen-bond donors (Lipinski definition) is 1. The predicted octanol–water partition coefficient (Wildman–Crippen LogP) is 4.22. The fourth-order valence-electron chi connectivity index (χ4n) is 6.19. The van der Waals surface area contributed by atoms with Gasteiger partial charge in [0.05, 0.1) is 0 Å². The number of amides is 1. The van der Waals surface area contributed by atoms with Gasteiger partial charge in [-0.3, -0.25) is 9.59 Å². The molecule has 2 aliphatic rings. The number of carbonyl (C=O) groups is 1. The summed E-state index contributed by atoms with van der Waals surface area (Å²) in [5.74, 6) is -0.453. The van der Waals surface area contributed by atoms with Crippen molar-refractivity contribution in [3.05, 3.63) is 91.9 Å². The number of primary amides is 1. The molecule has 0 unspecified atom stereocenters. The minimum atomic E-state index is -0.453. The third-order valence-corrected chi connectivity index (χ3v) is 8.31. The first-order valence-corrected chi connectivity index (χ1v) is 13.6. The summed E-state index contributed by atoms with van der Waals surface area (Å²) in [6, 6.07) is 13.0. The third-order valence-electron chi connectivity index (χ3n) is 8.31. The number of nitrogens with two attached hydrogens (primary N) is 1. The average molecular weight is 515 g/mol. The number of aryl methyl sites for hydroxylation is 2. The van der Waals surface area contributed by atoms with Crippen LogP contribution in [0.15, 0.2) is 47.4 Å². The number of fused-ring (bicyclic) bond motifs is 1. The lowest BCUT2D eigenvalue weighted by atomic mass is 9.90. The predicted molar refractivity (Wildman–Crippen MR) is 152 cm³/mol. The summed E-state index contributed by atoms with van der Waals surface area (Å²) in [5.41, 5.74) is 14.5. The summed E-state index contributed by atoms with van der Waals surface area (Å²) < 4.78 is 7.24. The molecular formula is C31H38N4O3. The molecule has 0 bridgehead atoms. The van der Waals surface area contributed by atoms with Crippen molar-refractivity contribution in [3.63, 3.8) is 0 Å². The topological polar surface area (TPSA) is 80.8 Å². The molecule has 0 radical (unpaired) electrons. The van der Waals surface area contributed by atoms with Crippen LogP contribution in [0.3, 0.4) is 0 Å². The molecule has 0 spiro atoms. The van der Waals surface area contributed by atoms with Gasteiger partial charge in [0, 0.05) is 81.1 Å². The largest absolute Gasteiger partial charge is 0.381 e. The van der Waals surface area contributed by atoms with Crippen molar-refractivity contribution in [2.45, 2.75) is 59.2 Å². The molecule has 3 heterocycles. The number of aromatic nitrogens is 1. The molecule has 1 saturated heterocycles. The van der Waals surface area contributed by atoms with Crippen LogP contribution in [0.1, 0.15) is 63.5 Å². The smallest absolute Gasteiger partial charge is 0.254 e. The monoisotopic (exact) mass is 514 g/mol. The zero-order valence-electron chi connectivity index (χ0n) is 22.9. The summed E-state index contributed by atoms with van der Waals surface area (Å²) in [7, 11) is 1.76. The molecule has 0 aliphatic carbocycles. The van der Waals surface area contributed by atoms with Gasteiger partial charge in [-0.25, -0.2) is 0 Å². The van der Waals surface area contributed by atoms with Gasteiger partial charge >= 0.3 is 0 Å². The Kier molecular flexibility index (Phi) is 7.30. The lowest BCUT2D eigenvalue weighted by molar-refractivity contribution is 0.0846. The first-order chi connectivity index (χ1) is 18.3. The normalized spacial score (nSPS) is 15.5. The quantitative estimate of drug-likeness (QED) is 0.511. The van der Waals surface area contributed by atoms with Gasteiger partial charge in [0.25, 0.3) is 5.56 Å². The van der Waals surface area contributed by atoms with E-state index in [2.05, 4.69) is 47.1 Å². The van der Waals surface area contributed by atoms with Crippen LogP contribution >= 0.6 is 0 Å². The summed E-state index contributed by atoms with van der Waals surface area (Å²) in [6.07, 6.45) is 4.04. The Hall–Kier alpha value is -3.58. The maximum Gasteiger partial charge on any atom is 0.254 e. The van der Waals surface area contributed by atoms with Gasteiger partial charge in [0.15, 0.2) is 0 Å². The molecule has 7 nitrogen and oxygen atoms in total. The van der Waals surface area contributed by atoms with Gasteiger partial charge < -0.3 is 24.8 Å². The van der Waals surface area contributed by atoms with Crippen molar-refractivity contribution in [2.75, 3.05) is 29.6 Å². The highest BCUT2D eigenvalue weighted by Crippen LogP contribution is 2.40. The number of rotatable bonds is 7. The van der Waals surface area contributed by atoms with E-state index in [1.165, 1.54) is 11.1 Å². The lowest BCUT2D eigenvalue weighted by Gasteiger charge is -2.38. The van der Waals surface area contributed by atoms with Crippen molar-refractivity contribution < 1.29 is 9.53 Å². The maximum absolute atomic E-state index is 13.2. The van der Waals surface area contributed by atoms with Crippen LogP contribution in [0.4, 0.5) is 11.4 Å². The third kappa shape index (κ3) is 4.71. The van der Waals surface area contributed by atoms with E-state index in [1.807, 2.05) is 19.9 Å². The Morgan fingerprint density at radius 3 is 2.34 bits per heavy atom. The van der Waals surface area contributed by atoms with Gasteiger partial charge in [0.2, 0.25) is 5.91 Å². The molecule has 3 aromatic rings. The van der Waals surface area contributed by atoms with E-state index in [0.29, 0.717) is 23.6 Å². The van der Waals surface area contributed by atoms with E-state index in [0.717, 1.165) is 73.8 Å². The molecule has 0 saturated carbocycles. The molecule has 200 valence electrons. The van der Waals surface area contributed by atoms with Crippen LogP contribution < -0.4 is 21.1 Å².